The predicted octanol–water partition coefficient (Wildman–Crippen LogP) is 4.02. The smallest absolute Gasteiger partial charge is 0.280 e. The summed E-state index contributed by atoms with van der Waals surface area (Å²) in [5.74, 6) is 0.730. The molecule has 0 fully saturated rings. The van der Waals surface area contributed by atoms with Crippen molar-refractivity contribution in [2.75, 3.05) is 0 Å². The molecule has 0 aliphatic carbocycles. The molecule has 1 heterocycles. The van der Waals surface area contributed by atoms with Gasteiger partial charge in [0.15, 0.2) is 11.4 Å². The number of benzene rings is 1. The van der Waals surface area contributed by atoms with Crippen LogP contribution in [0.3, 0.4) is 0 Å². The quantitative estimate of drug-likeness (QED) is 0.789. The van der Waals surface area contributed by atoms with Crippen LogP contribution < -0.4 is 4.74 Å². The van der Waals surface area contributed by atoms with Crippen molar-refractivity contribution in [3.05, 3.63) is 39.4 Å². The Morgan fingerprint density at radius 2 is 2.18 bits per heavy atom. The Kier molecular flexibility index (Phi) is 3.45. The molecular weight excluding hydrogens is 258 g/mol. The molecule has 3 nitrogen and oxygen atoms in total. The zero-order valence-electron chi connectivity index (χ0n) is 9.36. The molecule has 0 bridgehead atoms. The molecule has 0 radical (unpaired) electrons. The van der Waals surface area contributed by atoms with Crippen molar-refractivity contribution in [1.29, 1.82) is 0 Å². The molecule has 0 aliphatic heterocycles. The van der Waals surface area contributed by atoms with Crippen LogP contribution in [0.2, 0.25) is 5.15 Å². The first-order valence-corrected chi connectivity index (χ1v) is 6.17. The normalized spacial score (nSPS) is 10.3. The number of aryl methyl sites for hydroxylation is 1. The lowest BCUT2D eigenvalue weighted by atomic mass is 10.1. The molecule has 1 aromatic carbocycles. The molecule has 0 N–H and O–H groups in total. The number of carbonyl (C=O) groups is 1. The van der Waals surface area contributed by atoms with Crippen LogP contribution in [0.25, 0.3) is 0 Å². The average molecular weight is 268 g/mol. The maximum absolute atomic E-state index is 10.6. The van der Waals surface area contributed by atoms with E-state index in [1.54, 1.807) is 0 Å². The fraction of sp³-hybridized carbons (Fsp3) is 0.167. The van der Waals surface area contributed by atoms with Gasteiger partial charge in [0.25, 0.3) is 5.19 Å². The zero-order chi connectivity index (χ0) is 12.4. The SMILES string of the molecule is Cc1cccc(Oc2nc(Cl)c(C=O)s2)c1C. The molecule has 0 saturated carbocycles. The van der Waals surface area contributed by atoms with Gasteiger partial charge in [0.2, 0.25) is 0 Å². The molecule has 5 heteroatoms. The lowest BCUT2D eigenvalue weighted by Gasteiger charge is -2.07. The summed E-state index contributed by atoms with van der Waals surface area (Å²) >= 11 is 6.91. The van der Waals surface area contributed by atoms with E-state index in [0.717, 1.165) is 28.2 Å². The molecule has 0 saturated heterocycles. The molecule has 0 aliphatic rings. The van der Waals surface area contributed by atoms with Crippen LogP contribution in [0.1, 0.15) is 20.8 Å². The van der Waals surface area contributed by atoms with Crippen LogP contribution >= 0.6 is 22.9 Å². The molecule has 88 valence electrons. The van der Waals surface area contributed by atoms with Crippen LogP contribution in [0, 0.1) is 13.8 Å². The summed E-state index contributed by atoms with van der Waals surface area (Å²) in [6.45, 7) is 3.98. The van der Waals surface area contributed by atoms with Crippen molar-refractivity contribution >= 4 is 29.2 Å². The van der Waals surface area contributed by atoms with Gasteiger partial charge in [-0.25, -0.2) is 0 Å². The summed E-state index contributed by atoms with van der Waals surface area (Å²) in [6, 6.07) is 5.78. The first kappa shape index (κ1) is 12.1. The molecule has 0 unspecified atom stereocenters. The third-order valence-corrected chi connectivity index (χ3v) is 3.71. The molecule has 17 heavy (non-hydrogen) atoms. The van der Waals surface area contributed by atoms with E-state index in [2.05, 4.69) is 4.98 Å². The number of halogens is 1. The zero-order valence-corrected chi connectivity index (χ0v) is 10.9. The van der Waals surface area contributed by atoms with Gasteiger partial charge < -0.3 is 4.74 Å². The van der Waals surface area contributed by atoms with Crippen LogP contribution in [0.5, 0.6) is 10.9 Å². The van der Waals surface area contributed by atoms with Crippen molar-refractivity contribution in [2.24, 2.45) is 0 Å². The number of hydrogen-bond donors (Lipinski definition) is 0. The second kappa shape index (κ2) is 4.85. The average Bonchev–Trinajstić information content (AvgIpc) is 2.65. The fourth-order valence-corrected chi connectivity index (χ4v) is 2.26. The van der Waals surface area contributed by atoms with Gasteiger partial charge in [-0.2, -0.15) is 4.98 Å². The van der Waals surface area contributed by atoms with Gasteiger partial charge in [-0.05, 0) is 31.0 Å². The summed E-state index contributed by atoms with van der Waals surface area (Å²) in [5, 5.41) is 0.566. The van der Waals surface area contributed by atoms with E-state index in [0.29, 0.717) is 16.4 Å². The molecule has 0 spiro atoms. The molecule has 0 atom stereocenters. The third-order valence-electron chi connectivity index (χ3n) is 2.45. The number of aromatic nitrogens is 1. The van der Waals surface area contributed by atoms with Crippen molar-refractivity contribution in [2.45, 2.75) is 13.8 Å². The largest absolute Gasteiger partial charge is 0.431 e. The Morgan fingerprint density at radius 3 is 2.82 bits per heavy atom. The highest BCUT2D eigenvalue weighted by atomic mass is 35.5. The lowest BCUT2D eigenvalue weighted by molar-refractivity contribution is 0.112. The van der Waals surface area contributed by atoms with Gasteiger partial charge in [0, 0.05) is 0 Å². The maximum atomic E-state index is 10.6. The standard InChI is InChI=1S/C12H10ClNO2S/c1-7-4-3-5-9(8(7)2)16-12-14-11(13)10(6-15)17-12/h3-6H,1-2H3. The molecule has 1 aromatic heterocycles. The number of ether oxygens (including phenoxy) is 1. The van der Waals surface area contributed by atoms with Crippen LogP contribution in [0.4, 0.5) is 0 Å². The second-order valence-electron chi connectivity index (χ2n) is 3.55. The molecule has 0 amide bonds. The number of hydrogen-bond acceptors (Lipinski definition) is 4. The topological polar surface area (TPSA) is 39.2 Å². The number of nitrogens with zero attached hydrogens (tertiary/aromatic N) is 1. The Balaban J connectivity index is 2.31. The van der Waals surface area contributed by atoms with Gasteiger partial charge in [0.05, 0.1) is 0 Å². The van der Waals surface area contributed by atoms with E-state index in [1.165, 1.54) is 0 Å². The van der Waals surface area contributed by atoms with E-state index in [4.69, 9.17) is 16.3 Å². The minimum atomic E-state index is 0.185. The molecule has 2 rings (SSSR count). The first-order chi connectivity index (χ1) is 8.11. The second-order valence-corrected chi connectivity index (χ2v) is 4.90. The van der Waals surface area contributed by atoms with Gasteiger partial charge in [-0.3, -0.25) is 4.79 Å². The summed E-state index contributed by atoms with van der Waals surface area (Å²) in [7, 11) is 0. The van der Waals surface area contributed by atoms with Gasteiger partial charge >= 0.3 is 0 Å². The summed E-state index contributed by atoms with van der Waals surface area (Å²) < 4.78 is 5.62. The monoisotopic (exact) mass is 267 g/mol. The maximum Gasteiger partial charge on any atom is 0.280 e. The summed E-state index contributed by atoms with van der Waals surface area (Å²) in [4.78, 5) is 15.0. The van der Waals surface area contributed by atoms with E-state index >= 15 is 0 Å². The van der Waals surface area contributed by atoms with Crippen LogP contribution in [-0.2, 0) is 0 Å². The molecular formula is C12H10ClNO2S. The first-order valence-electron chi connectivity index (χ1n) is 4.97. The van der Waals surface area contributed by atoms with Crippen LogP contribution in [0.15, 0.2) is 18.2 Å². The number of rotatable bonds is 3. The van der Waals surface area contributed by atoms with E-state index in [1.807, 2.05) is 32.0 Å². The van der Waals surface area contributed by atoms with Crippen molar-refractivity contribution in [3.8, 4) is 10.9 Å². The van der Waals surface area contributed by atoms with E-state index in [9.17, 15) is 4.79 Å². The summed E-state index contributed by atoms with van der Waals surface area (Å²) in [5.41, 5.74) is 2.19. The Morgan fingerprint density at radius 1 is 1.41 bits per heavy atom. The van der Waals surface area contributed by atoms with Gasteiger partial charge in [-0.1, -0.05) is 35.1 Å². The van der Waals surface area contributed by atoms with Crippen molar-refractivity contribution < 1.29 is 9.53 Å². The Labute approximate surface area is 108 Å². The number of aldehydes is 1. The minimum absolute atomic E-state index is 0.185. The highest BCUT2D eigenvalue weighted by Gasteiger charge is 2.11. The predicted molar refractivity (Wildman–Crippen MR) is 68.5 cm³/mol. The van der Waals surface area contributed by atoms with Gasteiger partial charge in [-0.15, -0.1) is 0 Å². The van der Waals surface area contributed by atoms with E-state index < -0.39 is 0 Å². The van der Waals surface area contributed by atoms with Gasteiger partial charge in [0.1, 0.15) is 10.6 Å². The van der Waals surface area contributed by atoms with E-state index in [-0.39, 0.29) is 5.15 Å². The van der Waals surface area contributed by atoms with Crippen LogP contribution in [-0.4, -0.2) is 11.3 Å². The molecule has 2 aromatic rings. The third kappa shape index (κ3) is 2.48. The summed E-state index contributed by atoms with van der Waals surface area (Å²) in [6.07, 6.45) is 0.677. The number of thiazole rings is 1. The minimum Gasteiger partial charge on any atom is -0.431 e. The Bertz CT molecular complexity index is 566. The highest BCUT2D eigenvalue weighted by Crippen LogP contribution is 2.32. The lowest BCUT2D eigenvalue weighted by Crippen LogP contribution is -1.88. The highest BCUT2D eigenvalue weighted by molar-refractivity contribution is 7.15. The number of carbonyl (C=O) groups excluding carboxylic acids is 1. The fourth-order valence-electron chi connectivity index (χ4n) is 1.34. The van der Waals surface area contributed by atoms with Crippen molar-refractivity contribution in [1.82, 2.24) is 4.98 Å². The Hall–Kier alpha value is -1.39. The van der Waals surface area contributed by atoms with Crippen molar-refractivity contribution in [3.63, 3.8) is 0 Å².